The van der Waals surface area contributed by atoms with Gasteiger partial charge in [-0.05, 0) is 17.8 Å². The summed E-state index contributed by atoms with van der Waals surface area (Å²) in [5.74, 6) is -0.655. The van der Waals surface area contributed by atoms with Gasteiger partial charge < -0.3 is 26.6 Å². The number of anilines is 2. The number of nitrogens with one attached hydrogen (secondary N) is 4. The molecule has 1 aromatic heterocycles. The number of nitrogens with two attached hydrogens (primary N) is 1. The van der Waals surface area contributed by atoms with E-state index in [2.05, 4.69) is 37.3 Å². The molecule has 0 bridgehead atoms. The van der Waals surface area contributed by atoms with Crippen molar-refractivity contribution in [2.45, 2.75) is 18.8 Å². The Morgan fingerprint density at radius 1 is 1.43 bits per heavy atom. The van der Waals surface area contributed by atoms with Gasteiger partial charge in [0.05, 0.1) is 36.2 Å². The highest BCUT2D eigenvalue weighted by Crippen LogP contribution is 2.28. The van der Waals surface area contributed by atoms with Crippen LogP contribution >= 0.6 is 0 Å². The quantitative estimate of drug-likeness (QED) is 0.438. The van der Waals surface area contributed by atoms with E-state index in [1.807, 2.05) is 17.3 Å². The zero-order valence-corrected chi connectivity index (χ0v) is 15.6. The van der Waals surface area contributed by atoms with Gasteiger partial charge in [0.1, 0.15) is 12.1 Å². The number of carbonyl (C=O) groups is 1. The van der Waals surface area contributed by atoms with Crippen LogP contribution in [0, 0.1) is 17.2 Å². The zero-order chi connectivity index (χ0) is 19.5. The number of hydrogen-bond acceptors (Lipinski definition) is 9. The van der Waals surface area contributed by atoms with Crippen LogP contribution in [0.15, 0.2) is 30.2 Å². The number of amides is 1. The van der Waals surface area contributed by atoms with Gasteiger partial charge in [0.15, 0.2) is 0 Å². The first-order valence-corrected chi connectivity index (χ1v) is 9.47. The van der Waals surface area contributed by atoms with E-state index in [4.69, 9.17) is 11.0 Å². The Morgan fingerprint density at radius 2 is 2.25 bits per heavy atom. The van der Waals surface area contributed by atoms with E-state index in [0.29, 0.717) is 18.7 Å². The molecule has 3 aliphatic heterocycles. The average Bonchev–Trinajstić information content (AvgIpc) is 3.04. The molecule has 4 rings (SSSR count). The minimum atomic E-state index is -0.522. The molecular formula is C18H25N9O. The molecule has 3 aliphatic rings. The topological polar surface area (TPSA) is 134 Å². The van der Waals surface area contributed by atoms with Crippen LogP contribution in [0.25, 0.3) is 0 Å². The monoisotopic (exact) mass is 383 g/mol. The fourth-order valence-corrected chi connectivity index (χ4v) is 3.94. The Bertz CT molecular complexity index is 798. The fourth-order valence-electron chi connectivity index (χ4n) is 3.94. The second kappa shape index (κ2) is 8.12. The van der Waals surface area contributed by atoms with Gasteiger partial charge in [0, 0.05) is 38.9 Å². The summed E-state index contributed by atoms with van der Waals surface area (Å²) < 4.78 is 0. The molecule has 2 saturated heterocycles. The smallest absolute Gasteiger partial charge is 0.234 e. The van der Waals surface area contributed by atoms with Crippen LogP contribution in [0.2, 0.25) is 0 Å². The fraction of sp³-hybridized carbons (Fsp3) is 0.500. The van der Waals surface area contributed by atoms with Crippen LogP contribution in [0.3, 0.4) is 0 Å². The molecule has 3 atom stereocenters. The lowest BCUT2D eigenvalue weighted by Gasteiger charge is -2.32. The van der Waals surface area contributed by atoms with Gasteiger partial charge in [-0.15, -0.1) is 0 Å². The van der Waals surface area contributed by atoms with Crippen molar-refractivity contribution in [1.82, 2.24) is 26.1 Å². The van der Waals surface area contributed by atoms with Crippen molar-refractivity contribution in [1.29, 1.82) is 5.26 Å². The lowest BCUT2D eigenvalue weighted by atomic mass is 10.0. The second-order valence-electron chi connectivity index (χ2n) is 7.18. The first kappa shape index (κ1) is 18.6. The van der Waals surface area contributed by atoms with Gasteiger partial charge in [-0.1, -0.05) is 0 Å². The molecule has 3 unspecified atom stereocenters. The van der Waals surface area contributed by atoms with Crippen LogP contribution in [0.5, 0.6) is 0 Å². The van der Waals surface area contributed by atoms with Gasteiger partial charge in [0.2, 0.25) is 5.91 Å². The minimum absolute atomic E-state index is 0.165. The highest BCUT2D eigenvalue weighted by atomic mass is 16.2. The molecule has 10 nitrogen and oxygen atoms in total. The van der Waals surface area contributed by atoms with Crippen LogP contribution in [-0.4, -0.2) is 61.0 Å². The largest absolute Gasteiger partial charge is 0.374 e. The number of rotatable bonds is 4. The number of fused-ring (bicyclic) bond motifs is 1. The number of aromatic nitrogens is 1. The van der Waals surface area contributed by atoms with E-state index in [1.165, 1.54) is 0 Å². The molecule has 10 heteroatoms. The summed E-state index contributed by atoms with van der Waals surface area (Å²) in [5, 5.41) is 20.4. The Kier molecular flexibility index (Phi) is 5.40. The molecule has 0 aromatic carbocycles. The average molecular weight is 383 g/mol. The van der Waals surface area contributed by atoms with E-state index in [0.717, 1.165) is 37.4 Å². The first-order valence-electron chi connectivity index (χ1n) is 9.47. The molecule has 1 aromatic rings. The van der Waals surface area contributed by atoms with Crippen molar-refractivity contribution in [3.05, 3.63) is 30.2 Å². The van der Waals surface area contributed by atoms with Crippen LogP contribution in [0.1, 0.15) is 6.42 Å². The Balaban J connectivity index is 1.49. The lowest BCUT2D eigenvalue weighted by molar-refractivity contribution is -0.121. The van der Waals surface area contributed by atoms with Gasteiger partial charge in [0.25, 0.3) is 0 Å². The number of carbonyl (C=O) groups excluding carboxylic acids is 1. The number of hydrazine groups is 1. The third-order valence-corrected chi connectivity index (χ3v) is 5.33. The van der Waals surface area contributed by atoms with Crippen LogP contribution in [-0.2, 0) is 4.79 Å². The maximum Gasteiger partial charge on any atom is 0.234 e. The zero-order valence-electron chi connectivity index (χ0n) is 15.6. The molecule has 28 heavy (non-hydrogen) atoms. The van der Waals surface area contributed by atoms with E-state index < -0.39 is 12.1 Å². The van der Waals surface area contributed by atoms with Gasteiger partial charge in [-0.3, -0.25) is 9.78 Å². The summed E-state index contributed by atoms with van der Waals surface area (Å²) in [6.07, 6.45) is 4.79. The standard InChI is InChI=1S/C18H25N9O/c19-3-1-12-9-23-17-15(16(20)25-27(17)11-12)18(28)24-13-10-22-4-2-14(13)26-7-5-21-6-8-26/h2,4,9-10,15-17,21,23,25H,1,5-8,11,20H2,(H,24,28). The predicted octanol–water partition coefficient (Wildman–Crippen LogP) is -1.12. The molecule has 0 radical (unpaired) electrons. The van der Waals surface area contributed by atoms with E-state index >= 15 is 0 Å². The predicted molar refractivity (Wildman–Crippen MR) is 104 cm³/mol. The molecule has 2 fully saturated rings. The van der Waals surface area contributed by atoms with Crippen molar-refractivity contribution in [3.63, 3.8) is 0 Å². The maximum atomic E-state index is 13.1. The third-order valence-electron chi connectivity index (χ3n) is 5.33. The SMILES string of the molecule is N#CCC1=CNC2C(C(=O)Nc3cnccc3N3CCNCC3)C(N)NN2C1. The lowest BCUT2D eigenvalue weighted by Crippen LogP contribution is -2.51. The highest BCUT2D eigenvalue weighted by molar-refractivity contribution is 5.96. The van der Waals surface area contributed by atoms with E-state index in [-0.39, 0.29) is 12.1 Å². The van der Waals surface area contributed by atoms with Gasteiger partial charge in [-0.2, -0.15) is 5.26 Å². The first-order chi connectivity index (χ1) is 13.7. The molecular weight excluding hydrogens is 358 g/mol. The summed E-state index contributed by atoms with van der Waals surface area (Å²) in [6, 6.07) is 4.07. The summed E-state index contributed by atoms with van der Waals surface area (Å²) in [6.45, 7) is 4.13. The van der Waals surface area contributed by atoms with Crippen molar-refractivity contribution < 1.29 is 4.79 Å². The number of nitriles is 1. The third kappa shape index (κ3) is 3.65. The summed E-state index contributed by atoms with van der Waals surface area (Å²) in [4.78, 5) is 19.5. The molecule has 6 N–H and O–H groups in total. The van der Waals surface area contributed by atoms with Gasteiger partial charge in [-0.25, -0.2) is 10.4 Å². The second-order valence-corrected chi connectivity index (χ2v) is 7.18. The number of hydrogen-bond donors (Lipinski definition) is 5. The minimum Gasteiger partial charge on any atom is -0.374 e. The van der Waals surface area contributed by atoms with Crippen molar-refractivity contribution in [2.24, 2.45) is 11.7 Å². The van der Waals surface area contributed by atoms with E-state index in [9.17, 15) is 4.79 Å². The molecule has 4 heterocycles. The van der Waals surface area contributed by atoms with Crippen molar-refractivity contribution in [2.75, 3.05) is 42.9 Å². The van der Waals surface area contributed by atoms with Crippen molar-refractivity contribution >= 4 is 17.3 Å². The Morgan fingerprint density at radius 3 is 3.04 bits per heavy atom. The van der Waals surface area contributed by atoms with Gasteiger partial charge >= 0.3 is 0 Å². The molecule has 1 amide bonds. The van der Waals surface area contributed by atoms with E-state index in [1.54, 1.807) is 12.4 Å². The van der Waals surface area contributed by atoms with Crippen LogP contribution in [0.4, 0.5) is 11.4 Å². The number of nitrogens with zero attached hydrogens (tertiary/aromatic N) is 4. The molecule has 148 valence electrons. The Labute approximate surface area is 163 Å². The Hall–Kier alpha value is -2.71. The summed E-state index contributed by atoms with van der Waals surface area (Å²) in [7, 11) is 0. The maximum absolute atomic E-state index is 13.1. The normalized spacial score (nSPS) is 27.4. The van der Waals surface area contributed by atoms with Crippen LogP contribution < -0.4 is 32.0 Å². The molecule has 0 aliphatic carbocycles. The molecule has 0 saturated carbocycles. The summed E-state index contributed by atoms with van der Waals surface area (Å²) in [5.41, 5.74) is 12.0. The summed E-state index contributed by atoms with van der Waals surface area (Å²) >= 11 is 0. The van der Waals surface area contributed by atoms with Crippen molar-refractivity contribution in [3.8, 4) is 6.07 Å². The highest BCUT2D eigenvalue weighted by Gasteiger charge is 2.45. The number of piperazine rings is 1. The number of pyridine rings is 1. The molecule has 0 spiro atoms.